The Hall–Kier alpha value is -3.61. The molecule has 2 aromatic rings. The third-order valence-corrected chi connectivity index (χ3v) is 3.17. The van der Waals surface area contributed by atoms with Crippen LogP contribution in [0, 0.1) is 0 Å². The van der Waals surface area contributed by atoms with Crippen LogP contribution < -0.4 is 16.2 Å². The number of aliphatic imine (C=N–C) groups is 1. The lowest BCUT2D eigenvalue weighted by molar-refractivity contribution is -0.132. The number of rotatable bonds is 5. The number of ether oxygens (including phenoxy) is 1. The molecule has 0 atom stereocenters. The zero-order chi connectivity index (χ0) is 18.4. The van der Waals surface area contributed by atoms with E-state index in [-0.39, 0.29) is 11.5 Å². The molecule has 0 fully saturated rings. The van der Waals surface area contributed by atoms with Gasteiger partial charge in [0.1, 0.15) is 5.75 Å². The smallest absolute Gasteiger partial charge is 0.343 e. The van der Waals surface area contributed by atoms with Gasteiger partial charge >= 0.3 is 11.9 Å². The van der Waals surface area contributed by atoms with Gasteiger partial charge in [-0.2, -0.15) is 0 Å². The molecule has 0 unspecified atom stereocenters. The van der Waals surface area contributed by atoms with Crippen LogP contribution in [0.5, 0.6) is 5.75 Å². The summed E-state index contributed by atoms with van der Waals surface area (Å²) in [6.07, 6.45) is 1.51. The molecule has 7 nitrogen and oxygen atoms in total. The van der Waals surface area contributed by atoms with Crippen LogP contribution in [0.3, 0.4) is 0 Å². The Morgan fingerprint density at radius 2 is 1.64 bits per heavy atom. The van der Waals surface area contributed by atoms with Gasteiger partial charge in [-0.1, -0.05) is 12.1 Å². The van der Waals surface area contributed by atoms with Crippen molar-refractivity contribution < 1.29 is 19.4 Å². The molecule has 0 amide bonds. The average molecular weight is 339 g/mol. The predicted octanol–water partition coefficient (Wildman–Crippen LogP) is 2.30. The van der Waals surface area contributed by atoms with Crippen LogP contribution >= 0.6 is 0 Å². The summed E-state index contributed by atoms with van der Waals surface area (Å²) in [6, 6.07) is 12.8. The molecule has 0 aliphatic heterocycles. The molecular weight excluding hydrogens is 322 g/mol. The second-order valence-corrected chi connectivity index (χ2v) is 5.17. The lowest BCUT2D eigenvalue weighted by Crippen LogP contribution is -2.21. The first-order valence-electron chi connectivity index (χ1n) is 7.28. The van der Waals surface area contributed by atoms with Gasteiger partial charge in [0.25, 0.3) is 0 Å². The monoisotopic (exact) mass is 339 g/mol. The molecule has 0 aromatic heterocycles. The van der Waals surface area contributed by atoms with Crippen molar-refractivity contribution in [1.29, 1.82) is 0 Å². The van der Waals surface area contributed by atoms with Gasteiger partial charge in [0.15, 0.2) is 5.96 Å². The van der Waals surface area contributed by atoms with Crippen molar-refractivity contribution in [3.05, 3.63) is 65.2 Å². The van der Waals surface area contributed by atoms with Crippen LogP contribution in [-0.2, 0) is 4.79 Å². The number of nitrogens with zero attached hydrogens (tertiary/aromatic N) is 1. The van der Waals surface area contributed by atoms with Gasteiger partial charge in [0.05, 0.1) is 11.3 Å². The summed E-state index contributed by atoms with van der Waals surface area (Å²) < 4.78 is 5.26. The van der Waals surface area contributed by atoms with Crippen LogP contribution in [-0.4, -0.2) is 23.0 Å². The van der Waals surface area contributed by atoms with Crippen molar-refractivity contribution in [3.63, 3.8) is 0 Å². The molecule has 0 radical (unpaired) electrons. The molecular formula is C18H17N3O4. The van der Waals surface area contributed by atoms with Gasteiger partial charge in [-0.05, 0) is 55.0 Å². The molecule has 0 bridgehead atoms. The Labute approximate surface area is 144 Å². The number of hydrogen-bond acceptors (Lipinski definition) is 4. The van der Waals surface area contributed by atoms with Gasteiger partial charge in [0.2, 0.25) is 0 Å². The maximum Gasteiger partial charge on any atom is 0.343 e. The fraction of sp³-hybridized carbons (Fsp3) is 0.0556. The van der Waals surface area contributed by atoms with Gasteiger partial charge < -0.3 is 21.3 Å². The molecule has 0 aliphatic rings. The molecule has 25 heavy (non-hydrogen) atoms. The Kier molecular flexibility index (Phi) is 5.52. The number of guanidine groups is 1. The van der Waals surface area contributed by atoms with Crippen molar-refractivity contribution in [2.24, 2.45) is 16.5 Å². The molecule has 5 N–H and O–H groups in total. The van der Waals surface area contributed by atoms with Crippen molar-refractivity contribution in [1.82, 2.24) is 0 Å². The number of benzene rings is 2. The highest BCUT2D eigenvalue weighted by Gasteiger charge is 2.09. The van der Waals surface area contributed by atoms with Gasteiger partial charge in [-0.25, -0.2) is 14.6 Å². The SMILES string of the molecule is CC(=Cc1ccc(C(=O)Oc2ccc(N=C(N)N)cc2)cc1)C(=O)O. The lowest BCUT2D eigenvalue weighted by atomic mass is 10.1. The second-order valence-electron chi connectivity index (χ2n) is 5.17. The van der Waals surface area contributed by atoms with Crippen molar-refractivity contribution >= 4 is 29.7 Å². The highest BCUT2D eigenvalue weighted by Crippen LogP contribution is 2.19. The fourth-order valence-corrected chi connectivity index (χ4v) is 1.93. The van der Waals surface area contributed by atoms with E-state index in [0.29, 0.717) is 22.6 Å². The third-order valence-electron chi connectivity index (χ3n) is 3.17. The quantitative estimate of drug-likeness (QED) is 0.252. The maximum absolute atomic E-state index is 12.1. The van der Waals surface area contributed by atoms with Gasteiger partial charge in [-0.3, -0.25) is 0 Å². The number of carboxylic acid groups (broad SMARTS) is 1. The predicted molar refractivity (Wildman–Crippen MR) is 94.6 cm³/mol. The third kappa shape index (κ3) is 5.21. The van der Waals surface area contributed by atoms with Gasteiger partial charge in [0, 0.05) is 5.57 Å². The minimum absolute atomic E-state index is 0.0583. The number of hydrogen-bond donors (Lipinski definition) is 3. The van der Waals surface area contributed by atoms with E-state index in [1.165, 1.54) is 13.0 Å². The van der Waals surface area contributed by atoms with E-state index in [4.69, 9.17) is 21.3 Å². The Balaban J connectivity index is 2.07. The average Bonchev–Trinajstić information content (AvgIpc) is 2.56. The summed E-state index contributed by atoms with van der Waals surface area (Å²) in [6.45, 7) is 1.50. The molecule has 0 heterocycles. The number of esters is 1. The number of carbonyl (C=O) groups excluding carboxylic acids is 1. The minimum atomic E-state index is -0.993. The number of nitrogens with two attached hydrogens (primary N) is 2. The highest BCUT2D eigenvalue weighted by atomic mass is 16.5. The summed E-state index contributed by atoms with van der Waals surface area (Å²) in [5.74, 6) is -1.23. The van der Waals surface area contributed by atoms with E-state index in [1.54, 1.807) is 48.5 Å². The first-order valence-corrected chi connectivity index (χ1v) is 7.28. The summed E-state index contributed by atoms with van der Waals surface area (Å²) in [5, 5.41) is 8.85. The summed E-state index contributed by atoms with van der Waals surface area (Å²) in [5.41, 5.74) is 12.3. The first kappa shape index (κ1) is 17.7. The number of aliphatic carboxylic acids is 1. The minimum Gasteiger partial charge on any atom is -0.478 e. The first-order chi connectivity index (χ1) is 11.8. The maximum atomic E-state index is 12.1. The van der Waals surface area contributed by atoms with Crippen LogP contribution in [0.25, 0.3) is 6.08 Å². The highest BCUT2D eigenvalue weighted by molar-refractivity contribution is 5.93. The molecule has 128 valence electrons. The Morgan fingerprint density at radius 3 is 2.16 bits per heavy atom. The molecule has 2 rings (SSSR count). The fourth-order valence-electron chi connectivity index (χ4n) is 1.93. The summed E-state index contributed by atoms with van der Waals surface area (Å²) >= 11 is 0. The van der Waals surface area contributed by atoms with E-state index in [0.717, 1.165) is 0 Å². The van der Waals surface area contributed by atoms with Crippen LogP contribution in [0.15, 0.2) is 59.1 Å². The molecule has 0 saturated carbocycles. The van der Waals surface area contributed by atoms with Crippen molar-refractivity contribution in [2.45, 2.75) is 6.92 Å². The largest absolute Gasteiger partial charge is 0.478 e. The topological polar surface area (TPSA) is 128 Å². The normalized spacial score (nSPS) is 10.8. The lowest BCUT2D eigenvalue weighted by Gasteiger charge is -2.05. The van der Waals surface area contributed by atoms with E-state index >= 15 is 0 Å². The molecule has 0 aliphatic carbocycles. The van der Waals surface area contributed by atoms with Crippen molar-refractivity contribution in [3.8, 4) is 5.75 Å². The zero-order valence-electron chi connectivity index (χ0n) is 13.5. The van der Waals surface area contributed by atoms with Crippen molar-refractivity contribution in [2.75, 3.05) is 0 Å². The van der Waals surface area contributed by atoms with E-state index in [2.05, 4.69) is 4.99 Å². The number of carboxylic acids is 1. The Morgan fingerprint density at radius 1 is 1.04 bits per heavy atom. The number of carbonyl (C=O) groups is 2. The summed E-state index contributed by atoms with van der Waals surface area (Å²) in [4.78, 5) is 26.8. The van der Waals surface area contributed by atoms with E-state index < -0.39 is 11.9 Å². The van der Waals surface area contributed by atoms with Crippen LogP contribution in [0.1, 0.15) is 22.8 Å². The molecule has 0 saturated heterocycles. The second kappa shape index (κ2) is 7.78. The van der Waals surface area contributed by atoms with E-state index in [1.807, 2.05) is 0 Å². The van der Waals surface area contributed by atoms with Crippen LogP contribution in [0.4, 0.5) is 5.69 Å². The van der Waals surface area contributed by atoms with Crippen LogP contribution in [0.2, 0.25) is 0 Å². The summed E-state index contributed by atoms with van der Waals surface area (Å²) in [7, 11) is 0. The molecule has 2 aromatic carbocycles. The zero-order valence-corrected chi connectivity index (χ0v) is 13.5. The Bertz CT molecular complexity index is 834. The molecule has 7 heteroatoms. The standard InChI is InChI=1S/C18H17N3O4/c1-11(16(22)23)10-12-2-4-13(5-3-12)17(24)25-15-8-6-14(7-9-15)21-18(19)20/h2-10H,1H3,(H,22,23)(H4,19,20,21). The van der Waals surface area contributed by atoms with Gasteiger partial charge in [-0.15, -0.1) is 0 Å². The van der Waals surface area contributed by atoms with E-state index in [9.17, 15) is 9.59 Å². The molecule has 0 spiro atoms.